The largest absolute Gasteiger partial charge is 0.468 e. The van der Waals surface area contributed by atoms with E-state index in [4.69, 9.17) is 4.42 Å². The highest BCUT2D eigenvalue weighted by Gasteiger charge is 2.20. The predicted octanol–water partition coefficient (Wildman–Crippen LogP) is 3.42. The van der Waals surface area contributed by atoms with Crippen LogP contribution in [-0.4, -0.2) is 22.6 Å². The van der Waals surface area contributed by atoms with E-state index in [0.717, 1.165) is 37.7 Å². The summed E-state index contributed by atoms with van der Waals surface area (Å²) in [6, 6.07) is 8.69. The van der Waals surface area contributed by atoms with Crippen molar-refractivity contribution in [3.63, 3.8) is 0 Å². The van der Waals surface area contributed by atoms with Crippen LogP contribution in [0.3, 0.4) is 0 Å². The summed E-state index contributed by atoms with van der Waals surface area (Å²) < 4.78 is 57.5. The molecular formula is C19H23NO5S2. The van der Waals surface area contributed by atoms with Crippen LogP contribution in [0.4, 0.5) is 0 Å². The molecule has 1 aromatic carbocycles. The summed E-state index contributed by atoms with van der Waals surface area (Å²) in [7, 11) is -7.23. The van der Waals surface area contributed by atoms with Gasteiger partial charge in [0.15, 0.2) is 9.84 Å². The number of sulfonamides is 1. The molecule has 3 rings (SSSR count). The zero-order valence-electron chi connectivity index (χ0n) is 14.9. The Kier molecular flexibility index (Phi) is 6.18. The summed E-state index contributed by atoms with van der Waals surface area (Å²) in [4.78, 5) is 0.152. The lowest BCUT2D eigenvalue weighted by atomic mass is 10.1. The van der Waals surface area contributed by atoms with E-state index in [2.05, 4.69) is 4.72 Å². The number of hydrogen-bond acceptors (Lipinski definition) is 5. The van der Waals surface area contributed by atoms with Crippen molar-refractivity contribution in [2.45, 2.75) is 48.4 Å². The molecule has 2 aromatic rings. The zero-order chi connectivity index (χ0) is 19.3. The van der Waals surface area contributed by atoms with Gasteiger partial charge in [-0.15, -0.1) is 0 Å². The smallest absolute Gasteiger partial charge is 0.240 e. The molecule has 0 fully saturated rings. The van der Waals surface area contributed by atoms with E-state index in [0.29, 0.717) is 5.76 Å². The van der Waals surface area contributed by atoms with Crippen molar-refractivity contribution < 1.29 is 21.3 Å². The molecule has 0 saturated heterocycles. The maximum absolute atomic E-state index is 12.6. The number of allylic oxidation sites excluding steroid dienone is 1. The molecule has 0 unspecified atom stereocenters. The number of sulfone groups is 1. The monoisotopic (exact) mass is 409 g/mol. The van der Waals surface area contributed by atoms with Crippen LogP contribution < -0.4 is 4.72 Å². The van der Waals surface area contributed by atoms with Gasteiger partial charge in [-0.2, -0.15) is 0 Å². The summed E-state index contributed by atoms with van der Waals surface area (Å²) in [5, 5.41) is 0. The van der Waals surface area contributed by atoms with Gasteiger partial charge in [-0.05, 0) is 62.1 Å². The van der Waals surface area contributed by atoms with Crippen molar-refractivity contribution >= 4 is 19.9 Å². The molecule has 146 valence electrons. The highest BCUT2D eigenvalue weighted by molar-refractivity contribution is 7.91. The summed E-state index contributed by atoms with van der Waals surface area (Å²) in [5.41, 5.74) is 0.948. The van der Waals surface area contributed by atoms with Gasteiger partial charge in [0.05, 0.1) is 28.4 Å². The number of furan rings is 1. The third kappa shape index (κ3) is 5.31. The van der Waals surface area contributed by atoms with Crippen LogP contribution in [0.2, 0.25) is 0 Å². The number of hydrogen-bond donors (Lipinski definition) is 1. The second kappa shape index (κ2) is 8.41. The molecule has 1 N–H and O–H groups in total. The van der Waals surface area contributed by atoms with Crippen molar-refractivity contribution in [3.05, 3.63) is 60.1 Å². The Morgan fingerprint density at radius 2 is 1.67 bits per heavy atom. The Hall–Kier alpha value is -1.90. The molecule has 27 heavy (non-hydrogen) atoms. The molecule has 1 aliphatic carbocycles. The van der Waals surface area contributed by atoms with E-state index in [9.17, 15) is 16.8 Å². The SMILES string of the molecule is O=S(=O)(CC1=CCCCCC1)c1ccc(S(=O)(=O)NCc2ccco2)cc1. The maximum atomic E-state index is 12.6. The fraction of sp³-hybridized carbons (Fsp3) is 0.368. The maximum Gasteiger partial charge on any atom is 0.240 e. The van der Waals surface area contributed by atoms with Crippen molar-refractivity contribution in [3.8, 4) is 0 Å². The molecule has 0 amide bonds. The lowest BCUT2D eigenvalue weighted by Crippen LogP contribution is -2.23. The minimum absolute atomic E-state index is 0.00413. The Balaban J connectivity index is 1.70. The number of nitrogens with one attached hydrogen (secondary N) is 1. The summed E-state index contributed by atoms with van der Waals surface area (Å²) in [5.74, 6) is 0.491. The van der Waals surface area contributed by atoms with E-state index in [1.807, 2.05) is 6.08 Å². The Morgan fingerprint density at radius 3 is 2.37 bits per heavy atom. The highest BCUT2D eigenvalue weighted by atomic mass is 32.2. The highest BCUT2D eigenvalue weighted by Crippen LogP contribution is 2.22. The standard InChI is InChI=1S/C19H23NO5S2/c21-26(22,15-16-6-3-1-2-4-7-16)18-9-11-19(12-10-18)27(23,24)20-14-17-8-5-13-25-17/h5-6,8-13,20H,1-4,7,14-15H2. The van der Waals surface area contributed by atoms with Crippen LogP contribution in [0, 0.1) is 0 Å². The van der Waals surface area contributed by atoms with E-state index in [-0.39, 0.29) is 22.1 Å². The molecule has 1 aromatic heterocycles. The first-order valence-corrected chi connectivity index (χ1v) is 12.0. The van der Waals surface area contributed by atoms with E-state index in [1.54, 1.807) is 12.1 Å². The molecule has 6 nitrogen and oxygen atoms in total. The first-order chi connectivity index (χ1) is 12.9. The number of benzene rings is 1. The van der Waals surface area contributed by atoms with Gasteiger partial charge in [0.25, 0.3) is 0 Å². The molecule has 1 aliphatic rings. The number of rotatable bonds is 7. The second-order valence-corrected chi connectivity index (χ2v) is 10.4. The molecular weight excluding hydrogens is 386 g/mol. The van der Waals surface area contributed by atoms with E-state index in [1.165, 1.54) is 30.5 Å². The fourth-order valence-corrected chi connectivity index (χ4v) is 5.49. The molecule has 1 heterocycles. The van der Waals surface area contributed by atoms with Gasteiger partial charge in [-0.3, -0.25) is 0 Å². The predicted molar refractivity (Wildman–Crippen MR) is 102 cm³/mol. The average Bonchev–Trinajstić information content (AvgIpc) is 3.04. The Bertz CT molecular complexity index is 989. The second-order valence-electron chi connectivity index (χ2n) is 6.60. The van der Waals surface area contributed by atoms with Crippen molar-refractivity contribution in [1.29, 1.82) is 0 Å². The van der Waals surface area contributed by atoms with Crippen LogP contribution in [0.5, 0.6) is 0 Å². The first kappa shape index (κ1) is 19.9. The summed E-state index contributed by atoms with van der Waals surface area (Å²) in [6.07, 6.45) is 8.46. The third-order valence-corrected chi connectivity index (χ3v) is 7.68. The summed E-state index contributed by atoms with van der Waals surface area (Å²) in [6.45, 7) is 0.0313. The zero-order valence-corrected chi connectivity index (χ0v) is 16.6. The third-order valence-electron chi connectivity index (χ3n) is 4.52. The first-order valence-electron chi connectivity index (χ1n) is 8.90. The normalized spacial score (nSPS) is 15.9. The van der Waals surface area contributed by atoms with Crippen molar-refractivity contribution in [2.24, 2.45) is 0 Å². The molecule has 0 atom stereocenters. The van der Waals surface area contributed by atoms with Crippen molar-refractivity contribution in [1.82, 2.24) is 4.72 Å². The van der Waals surface area contributed by atoms with E-state index < -0.39 is 19.9 Å². The van der Waals surface area contributed by atoms with Crippen LogP contribution in [0.25, 0.3) is 0 Å². The molecule has 0 saturated carbocycles. The van der Waals surface area contributed by atoms with Crippen LogP contribution in [0.1, 0.15) is 37.9 Å². The Morgan fingerprint density at radius 1 is 0.926 bits per heavy atom. The summed E-state index contributed by atoms with van der Waals surface area (Å²) >= 11 is 0. The van der Waals surface area contributed by atoms with Gasteiger partial charge >= 0.3 is 0 Å². The molecule has 0 aliphatic heterocycles. The van der Waals surface area contributed by atoms with Crippen LogP contribution in [-0.2, 0) is 26.4 Å². The average molecular weight is 410 g/mol. The van der Waals surface area contributed by atoms with Crippen LogP contribution in [0.15, 0.2) is 68.5 Å². The van der Waals surface area contributed by atoms with Crippen LogP contribution >= 0.6 is 0 Å². The topological polar surface area (TPSA) is 93.5 Å². The van der Waals surface area contributed by atoms with Gasteiger partial charge in [-0.25, -0.2) is 21.6 Å². The quantitative estimate of drug-likeness (QED) is 0.707. The van der Waals surface area contributed by atoms with Gasteiger partial charge in [0.2, 0.25) is 10.0 Å². The molecule has 0 spiro atoms. The van der Waals surface area contributed by atoms with Gasteiger partial charge in [-0.1, -0.05) is 18.1 Å². The molecule has 0 radical (unpaired) electrons. The molecule has 0 bridgehead atoms. The van der Waals surface area contributed by atoms with E-state index >= 15 is 0 Å². The van der Waals surface area contributed by atoms with Gasteiger partial charge in [0, 0.05) is 0 Å². The molecule has 8 heteroatoms. The lowest BCUT2D eigenvalue weighted by molar-refractivity contribution is 0.498. The van der Waals surface area contributed by atoms with Gasteiger partial charge in [0.1, 0.15) is 5.76 Å². The minimum atomic E-state index is -3.75. The lowest BCUT2D eigenvalue weighted by Gasteiger charge is -2.09. The van der Waals surface area contributed by atoms with Crippen molar-refractivity contribution in [2.75, 3.05) is 5.75 Å². The fourth-order valence-electron chi connectivity index (χ4n) is 3.03. The minimum Gasteiger partial charge on any atom is -0.468 e. The Labute approximate surface area is 160 Å². The van der Waals surface area contributed by atoms with Gasteiger partial charge < -0.3 is 4.42 Å².